The first-order chi connectivity index (χ1) is 8.72. The van der Waals surface area contributed by atoms with Crippen LogP contribution in [0.1, 0.15) is 70.2 Å². The van der Waals surface area contributed by atoms with Crippen molar-refractivity contribution in [3.8, 4) is 0 Å². The van der Waals surface area contributed by atoms with Crippen LogP contribution in [0.25, 0.3) is 0 Å². The van der Waals surface area contributed by atoms with Gasteiger partial charge in [0.2, 0.25) is 0 Å². The monoisotopic (exact) mass is 250 g/mol. The van der Waals surface area contributed by atoms with E-state index in [0.717, 1.165) is 12.2 Å². The highest BCUT2D eigenvalue weighted by Gasteiger charge is 2.23. The Bertz CT molecular complexity index is 352. The summed E-state index contributed by atoms with van der Waals surface area (Å²) in [5, 5.41) is 8.48. The first kappa shape index (κ1) is 13.5. The molecule has 102 valence electrons. The summed E-state index contributed by atoms with van der Waals surface area (Å²) < 4.78 is 2.30. The molecule has 0 radical (unpaired) electrons. The van der Waals surface area contributed by atoms with Crippen LogP contribution in [-0.2, 0) is 0 Å². The Morgan fingerprint density at radius 1 is 1.33 bits per heavy atom. The molecule has 2 N–H and O–H groups in total. The van der Waals surface area contributed by atoms with Crippen LogP contribution < -0.4 is 5.73 Å². The lowest BCUT2D eigenvalue weighted by molar-refractivity contribution is 0.335. The van der Waals surface area contributed by atoms with Crippen molar-refractivity contribution in [1.29, 1.82) is 0 Å². The second-order valence-corrected chi connectivity index (χ2v) is 5.95. The third kappa shape index (κ3) is 3.10. The fourth-order valence-corrected chi connectivity index (χ4v) is 3.06. The summed E-state index contributed by atoms with van der Waals surface area (Å²) in [6.07, 6.45) is 9.59. The molecule has 4 nitrogen and oxygen atoms in total. The van der Waals surface area contributed by atoms with Crippen molar-refractivity contribution in [3.05, 3.63) is 12.2 Å². The Balaban J connectivity index is 2.14. The summed E-state index contributed by atoms with van der Waals surface area (Å²) in [6, 6.07) is 0.602. The first-order valence-electron chi connectivity index (χ1n) is 7.31. The van der Waals surface area contributed by atoms with Gasteiger partial charge in [0, 0.05) is 18.5 Å². The van der Waals surface area contributed by atoms with Crippen molar-refractivity contribution in [2.24, 2.45) is 11.7 Å². The molecule has 18 heavy (non-hydrogen) atoms. The number of hydrogen-bond acceptors (Lipinski definition) is 3. The molecule has 0 aliphatic heterocycles. The summed E-state index contributed by atoms with van der Waals surface area (Å²) in [4.78, 5) is 0. The van der Waals surface area contributed by atoms with Crippen LogP contribution in [0.4, 0.5) is 0 Å². The van der Waals surface area contributed by atoms with Crippen LogP contribution in [0.5, 0.6) is 0 Å². The predicted molar refractivity (Wildman–Crippen MR) is 73.4 cm³/mol. The van der Waals surface area contributed by atoms with Gasteiger partial charge in [0.1, 0.15) is 12.2 Å². The summed E-state index contributed by atoms with van der Waals surface area (Å²) in [7, 11) is 0. The lowest BCUT2D eigenvalue weighted by Gasteiger charge is -2.26. The Morgan fingerprint density at radius 3 is 2.67 bits per heavy atom. The average molecular weight is 250 g/mol. The largest absolute Gasteiger partial charge is 0.330 e. The van der Waals surface area contributed by atoms with Crippen LogP contribution in [0.2, 0.25) is 0 Å². The average Bonchev–Trinajstić information content (AvgIpc) is 2.86. The minimum absolute atomic E-state index is 0.356. The Kier molecular flexibility index (Phi) is 4.75. The molecule has 1 aromatic heterocycles. The SMILES string of the molecule is CC(C)CC(CN)c1nncn1C1CCCCC1. The fraction of sp³-hybridized carbons (Fsp3) is 0.857. The van der Waals surface area contributed by atoms with Crippen LogP contribution >= 0.6 is 0 Å². The Labute approximate surface area is 110 Å². The predicted octanol–water partition coefficient (Wildman–Crippen LogP) is 2.87. The van der Waals surface area contributed by atoms with Crippen molar-refractivity contribution in [2.75, 3.05) is 6.54 Å². The number of rotatable bonds is 5. The smallest absolute Gasteiger partial charge is 0.137 e. The molecule has 2 rings (SSSR count). The van der Waals surface area contributed by atoms with E-state index in [9.17, 15) is 0 Å². The molecule has 4 heteroatoms. The summed E-state index contributed by atoms with van der Waals surface area (Å²) in [5.41, 5.74) is 5.93. The molecule has 0 saturated heterocycles. The number of hydrogen-bond donors (Lipinski definition) is 1. The van der Waals surface area contributed by atoms with E-state index in [0.29, 0.717) is 24.4 Å². The number of nitrogens with two attached hydrogens (primary N) is 1. The molecule has 1 fully saturated rings. The molecule has 1 aromatic rings. The van der Waals surface area contributed by atoms with Gasteiger partial charge >= 0.3 is 0 Å². The third-order valence-electron chi connectivity index (χ3n) is 3.97. The quantitative estimate of drug-likeness (QED) is 0.874. The Morgan fingerprint density at radius 2 is 2.06 bits per heavy atom. The maximum absolute atomic E-state index is 5.93. The van der Waals surface area contributed by atoms with Crippen molar-refractivity contribution in [3.63, 3.8) is 0 Å². The molecule has 0 aromatic carbocycles. The van der Waals surface area contributed by atoms with E-state index in [1.165, 1.54) is 32.1 Å². The summed E-state index contributed by atoms with van der Waals surface area (Å²) in [6.45, 7) is 5.15. The number of nitrogens with zero attached hydrogens (tertiary/aromatic N) is 3. The van der Waals surface area contributed by atoms with Crippen LogP contribution in [0.3, 0.4) is 0 Å². The van der Waals surface area contributed by atoms with E-state index < -0.39 is 0 Å². The van der Waals surface area contributed by atoms with E-state index in [1.807, 2.05) is 6.33 Å². The van der Waals surface area contributed by atoms with Crippen molar-refractivity contribution in [2.45, 2.75) is 64.3 Å². The van der Waals surface area contributed by atoms with Gasteiger partial charge in [-0.3, -0.25) is 0 Å². The number of aromatic nitrogens is 3. The molecule has 1 heterocycles. The molecule has 1 aliphatic carbocycles. The molecular formula is C14H26N4. The zero-order chi connectivity index (χ0) is 13.0. The summed E-state index contributed by atoms with van der Waals surface area (Å²) >= 11 is 0. The topological polar surface area (TPSA) is 56.7 Å². The second kappa shape index (κ2) is 6.32. The summed E-state index contributed by atoms with van der Waals surface area (Å²) in [5.74, 6) is 2.11. The molecule has 1 unspecified atom stereocenters. The van der Waals surface area contributed by atoms with Crippen LogP contribution in [-0.4, -0.2) is 21.3 Å². The lowest BCUT2D eigenvalue weighted by atomic mass is 9.93. The highest BCUT2D eigenvalue weighted by molar-refractivity contribution is 5.00. The molecule has 0 amide bonds. The molecule has 0 bridgehead atoms. The van der Waals surface area contributed by atoms with E-state index >= 15 is 0 Å². The van der Waals surface area contributed by atoms with E-state index in [-0.39, 0.29) is 0 Å². The molecular weight excluding hydrogens is 224 g/mol. The van der Waals surface area contributed by atoms with Crippen LogP contribution in [0.15, 0.2) is 6.33 Å². The molecule has 1 aliphatic rings. The van der Waals surface area contributed by atoms with Gasteiger partial charge in [-0.25, -0.2) is 0 Å². The highest BCUT2D eigenvalue weighted by atomic mass is 15.3. The van der Waals surface area contributed by atoms with Gasteiger partial charge in [-0.05, 0) is 25.2 Å². The highest BCUT2D eigenvalue weighted by Crippen LogP contribution is 2.31. The maximum atomic E-state index is 5.93. The van der Waals surface area contributed by atoms with Crippen molar-refractivity contribution >= 4 is 0 Å². The minimum atomic E-state index is 0.356. The van der Waals surface area contributed by atoms with E-state index in [1.54, 1.807) is 0 Å². The maximum Gasteiger partial charge on any atom is 0.137 e. The first-order valence-corrected chi connectivity index (χ1v) is 7.31. The van der Waals surface area contributed by atoms with E-state index in [4.69, 9.17) is 5.73 Å². The molecule has 1 saturated carbocycles. The van der Waals surface area contributed by atoms with Crippen molar-refractivity contribution < 1.29 is 0 Å². The van der Waals surface area contributed by atoms with Gasteiger partial charge in [0.15, 0.2) is 0 Å². The van der Waals surface area contributed by atoms with Gasteiger partial charge in [-0.15, -0.1) is 10.2 Å². The zero-order valence-electron chi connectivity index (χ0n) is 11.7. The zero-order valence-corrected chi connectivity index (χ0v) is 11.7. The molecule has 0 spiro atoms. The van der Waals surface area contributed by atoms with Crippen molar-refractivity contribution in [1.82, 2.24) is 14.8 Å². The van der Waals surface area contributed by atoms with E-state index in [2.05, 4.69) is 28.6 Å². The minimum Gasteiger partial charge on any atom is -0.330 e. The standard InChI is InChI=1S/C14H26N4/c1-11(2)8-12(9-15)14-17-16-10-18(14)13-6-4-3-5-7-13/h10-13H,3-9,15H2,1-2H3. The van der Waals surface area contributed by atoms with Gasteiger partial charge in [-0.1, -0.05) is 33.1 Å². The van der Waals surface area contributed by atoms with Gasteiger partial charge in [0.05, 0.1) is 0 Å². The second-order valence-electron chi connectivity index (χ2n) is 5.95. The third-order valence-corrected chi connectivity index (χ3v) is 3.97. The van der Waals surface area contributed by atoms with Gasteiger partial charge < -0.3 is 10.3 Å². The van der Waals surface area contributed by atoms with Gasteiger partial charge in [-0.2, -0.15) is 0 Å². The Hall–Kier alpha value is -0.900. The lowest BCUT2D eigenvalue weighted by Crippen LogP contribution is -2.22. The molecule has 1 atom stereocenters. The van der Waals surface area contributed by atoms with Gasteiger partial charge in [0.25, 0.3) is 0 Å². The fourth-order valence-electron chi connectivity index (χ4n) is 3.06. The van der Waals surface area contributed by atoms with Crippen LogP contribution in [0, 0.1) is 5.92 Å². The normalized spacial score (nSPS) is 19.3.